The Labute approximate surface area is 140 Å². The molecule has 0 saturated carbocycles. The molecule has 2 heterocycles. The third kappa shape index (κ3) is 3.81. The Kier molecular flexibility index (Phi) is 4.79. The van der Waals surface area contributed by atoms with Gasteiger partial charge in [-0.1, -0.05) is 12.1 Å². The molecule has 0 aliphatic rings. The average molecular weight is 328 g/mol. The normalized spacial score (nSPS) is 11.1. The number of ether oxygens (including phenoxy) is 1. The molecule has 0 unspecified atom stereocenters. The van der Waals surface area contributed by atoms with Crippen LogP contribution in [0.1, 0.15) is 17.0 Å². The molecule has 0 bridgehead atoms. The largest absolute Gasteiger partial charge is 0.496 e. The summed E-state index contributed by atoms with van der Waals surface area (Å²) in [6.07, 6.45) is 1.70. The molecule has 0 fully saturated rings. The lowest BCUT2D eigenvalue weighted by Gasteiger charge is -2.13. The molecule has 2 aromatic heterocycles. The van der Waals surface area contributed by atoms with E-state index in [4.69, 9.17) is 14.1 Å². The molecular weight excluding hydrogens is 308 g/mol. The summed E-state index contributed by atoms with van der Waals surface area (Å²) in [5, 5.41) is 3.13. The predicted molar refractivity (Wildman–Crippen MR) is 92.7 cm³/mol. The molecule has 0 N–H and O–H groups in total. The molecule has 0 radical (unpaired) electrons. The van der Waals surface area contributed by atoms with E-state index >= 15 is 0 Å². The van der Waals surface area contributed by atoms with Crippen molar-refractivity contribution in [3.05, 3.63) is 59.0 Å². The van der Waals surface area contributed by atoms with Crippen LogP contribution in [0, 0.1) is 6.92 Å². The maximum absolute atomic E-state index is 5.40. The third-order valence-corrected chi connectivity index (χ3v) is 4.58. The van der Waals surface area contributed by atoms with Gasteiger partial charge in [0.1, 0.15) is 16.5 Å². The van der Waals surface area contributed by atoms with Crippen molar-refractivity contribution >= 4 is 11.3 Å². The van der Waals surface area contributed by atoms with E-state index in [1.165, 1.54) is 0 Å². The Hall–Kier alpha value is -2.11. The number of aromatic nitrogens is 1. The van der Waals surface area contributed by atoms with E-state index in [1.54, 1.807) is 24.7 Å². The van der Waals surface area contributed by atoms with Crippen molar-refractivity contribution in [3.8, 4) is 16.3 Å². The molecule has 3 aromatic rings. The highest BCUT2D eigenvalue weighted by Crippen LogP contribution is 2.29. The number of furan rings is 1. The standard InChI is InChI=1S/C18H20N2O2S/c1-13-6-7-14(9-17(13)21-3)18-19-15(12-23-18)10-20(2)11-16-5-4-8-22-16/h4-9,12H,10-11H2,1-3H3. The molecule has 120 valence electrons. The summed E-state index contributed by atoms with van der Waals surface area (Å²) >= 11 is 1.66. The van der Waals surface area contributed by atoms with Gasteiger partial charge in [-0.05, 0) is 37.7 Å². The molecule has 23 heavy (non-hydrogen) atoms. The molecule has 0 aliphatic carbocycles. The van der Waals surface area contributed by atoms with Crippen LogP contribution in [0.5, 0.6) is 5.75 Å². The maximum Gasteiger partial charge on any atom is 0.123 e. The molecule has 0 aliphatic heterocycles. The van der Waals surface area contributed by atoms with Crippen LogP contribution in [0.15, 0.2) is 46.4 Å². The number of hydrogen-bond donors (Lipinski definition) is 0. The van der Waals surface area contributed by atoms with E-state index in [1.807, 2.05) is 25.1 Å². The van der Waals surface area contributed by atoms with Gasteiger partial charge in [-0.2, -0.15) is 0 Å². The van der Waals surface area contributed by atoms with Crippen molar-refractivity contribution in [1.29, 1.82) is 0 Å². The minimum absolute atomic E-state index is 0.776. The van der Waals surface area contributed by atoms with Gasteiger partial charge >= 0.3 is 0 Å². The van der Waals surface area contributed by atoms with E-state index in [9.17, 15) is 0 Å². The topological polar surface area (TPSA) is 38.5 Å². The first-order chi connectivity index (χ1) is 11.2. The van der Waals surface area contributed by atoms with Crippen LogP contribution in [-0.4, -0.2) is 24.0 Å². The minimum Gasteiger partial charge on any atom is -0.496 e. The van der Waals surface area contributed by atoms with Gasteiger partial charge in [0.15, 0.2) is 0 Å². The molecule has 5 heteroatoms. The lowest BCUT2D eigenvalue weighted by molar-refractivity contribution is 0.285. The van der Waals surface area contributed by atoms with Crippen LogP contribution < -0.4 is 4.74 Å². The lowest BCUT2D eigenvalue weighted by atomic mass is 10.1. The number of thiazole rings is 1. The summed E-state index contributed by atoms with van der Waals surface area (Å²) in [6, 6.07) is 10.1. The lowest BCUT2D eigenvalue weighted by Crippen LogP contribution is -2.16. The SMILES string of the molecule is COc1cc(-c2nc(CN(C)Cc3ccco3)cs2)ccc1C. The quantitative estimate of drug-likeness (QED) is 0.674. The van der Waals surface area contributed by atoms with Crippen LogP contribution in [0.4, 0.5) is 0 Å². The van der Waals surface area contributed by atoms with Gasteiger partial charge < -0.3 is 9.15 Å². The zero-order valence-corrected chi connectivity index (χ0v) is 14.4. The van der Waals surface area contributed by atoms with Crippen LogP contribution in [0.3, 0.4) is 0 Å². The summed E-state index contributed by atoms with van der Waals surface area (Å²) in [5.41, 5.74) is 3.29. The van der Waals surface area contributed by atoms with Crippen molar-refractivity contribution in [2.75, 3.05) is 14.2 Å². The summed E-state index contributed by atoms with van der Waals surface area (Å²) in [5.74, 6) is 1.86. The van der Waals surface area contributed by atoms with Crippen molar-refractivity contribution in [1.82, 2.24) is 9.88 Å². The molecule has 0 atom stereocenters. The van der Waals surface area contributed by atoms with E-state index in [0.29, 0.717) is 0 Å². The monoisotopic (exact) mass is 328 g/mol. The number of hydrogen-bond acceptors (Lipinski definition) is 5. The van der Waals surface area contributed by atoms with Crippen molar-refractivity contribution < 1.29 is 9.15 Å². The van der Waals surface area contributed by atoms with Gasteiger partial charge in [0.2, 0.25) is 0 Å². The second-order valence-electron chi connectivity index (χ2n) is 5.58. The van der Waals surface area contributed by atoms with Gasteiger partial charge in [0.25, 0.3) is 0 Å². The van der Waals surface area contributed by atoms with Crippen molar-refractivity contribution in [3.63, 3.8) is 0 Å². The Morgan fingerprint density at radius 3 is 2.87 bits per heavy atom. The fourth-order valence-electron chi connectivity index (χ4n) is 2.47. The van der Waals surface area contributed by atoms with Gasteiger partial charge in [-0.25, -0.2) is 4.98 Å². The Morgan fingerprint density at radius 1 is 1.26 bits per heavy atom. The highest BCUT2D eigenvalue weighted by molar-refractivity contribution is 7.13. The number of methoxy groups -OCH3 is 1. The summed E-state index contributed by atoms with van der Waals surface area (Å²) in [7, 11) is 3.76. The third-order valence-electron chi connectivity index (χ3n) is 3.64. The number of rotatable bonds is 6. The fraction of sp³-hybridized carbons (Fsp3) is 0.278. The van der Waals surface area contributed by atoms with Gasteiger partial charge in [0, 0.05) is 17.5 Å². The molecule has 0 amide bonds. The Bertz CT molecular complexity index is 765. The molecule has 4 nitrogen and oxygen atoms in total. The number of benzene rings is 1. The zero-order chi connectivity index (χ0) is 16.2. The van der Waals surface area contributed by atoms with E-state index in [0.717, 1.165) is 46.4 Å². The first-order valence-electron chi connectivity index (χ1n) is 7.46. The molecule has 0 spiro atoms. The fourth-order valence-corrected chi connectivity index (χ4v) is 3.27. The molecule has 1 aromatic carbocycles. The smallest absolute Gasteiger partial charge is 0.123 e. The highest BCUT2D eigenvalue weighted by atomic mass is 32.1. The van der Waals surface area contributed by atoms with Crippen molar-refractivity contribution in [2.45, 2.75) is 20.0 Å². The van der Waals surface area contributed by atoms with Crippen LogP contribution >= 0.6 is 11.3 Å². The van der Waals surface area contributed by atoms with Gasteiger partial charge in [-0.3, -0.25) is 4.90 Å². The highest BCUT2D eigenvalue weighted by Gasteiger charge is 2.10. The Balaban J connectivity index is 1.70. The average Bonchev–Trinajstić information content (AvgIpc) is 3.19. The van der Waals surface area contributed by atoms with Crippen LogP contribution in [-0.2, 0) is 13.1 Å². The first kappa shape index (κ1) is 15.8. The predicted octanol–water partition coefficient (Wildman–Crippen LogP) is 4.35. The zero-order valence-electron chi connectivity index (χ0n) is 13.6. The number of nitrogens with zero attached hydrogens (tertiary/aromatic N) is 2. The second kappa shape index (κ2) is 6.98. The summed E-state index contributed by atoms with van der Waals surface area (Å²) < 4.78 is 10.8. The van der Waals surface area contributed by atoms with Gasteiger partial charge in [-0.15, -0.1) is 11.3 Å². The first-order valence-corrected chi connectivity index (χ1v) is 8.34. The van der Waals surface area contributed by atoms with Crippen LogP contribution in [0.2, 0.25) is 0 Å². The molecular formula is C18H20N2O2S. The minimum atomic E-state index is 0.776. The Morgan fingerprint density at radius 2 is 2.13 bits per heavy atom. The van der Waals surface area contributed by atoms with Crippen molar-refractivity contribution in [2.24, 2.45) is 0 Å². The molecule has 0 saturated heterocycles. The number of aryl methyl sites for hydroxylation is 1. The van der Waals surface area contributed by atoms with E-state index < -0.39 is 0 Å². The maximum atomic E-state index is 5.40. The summed E-state index contributed by atoms with van der Waals surface area (Å²) in [4.78, 5) is 6.93. The van der Waals surface area contributed by atoms with E-state index in [2.05, 4.69) is 29.5 Å². The van der Waals surface area contributed by atoms with E-state index in [-0.39, 0.29) is 0 Å². The van der Waals surface area contributed by atoms with Crippen LogP contribution in [0.25, 0.3) is 10.6 Å². The summed E-state index contributed by atoms with van der Waals surface area (Å²) in [6.45, 7) is 3.61. The van der Waals surface area contributed by atoms with Gasteiger partial charge in [0.05, 0.1) is 25.6 Å². The second-order valence-corrected chi connectivity index (χ2v) is 6.44. The molecule has 3 rings (SSSR count).